The summed E-state index contributed by atoms with van der Waals surface area (Å²) >= 11 is 0. The highest BCUT2D eigenvalue weighted by Gasteiger charge is 2.10. The van der Waals surface area contributed by atoms with Gasteiger partial charge < -0.3 is 20.5 Å². The van der Waals surface area contributed by atoms with Crippen LogP contribution < -0.4 is 15.8 Å². The van der Waals surface area contributed by atoms with Crippen LogP contribution in [0.2, 0.25) is 0 Å². The molecule has 6 heteroatoms. The monoisotopic (exact) mass is 226 g/mol. The highest BCUT2D eigenvalue weighted by molar-refractivity contribution is 5.66. The van der Waals surface area contributed by atoms with Gasteiger partial charge in [0.05, 0.1) is 13.2 Å². The molecule has 1 atom stereocenters. The van der Waals surface area contributed by atoms with Crippen molar-refractivity contribution < 1.29 is 9.47 Å². The number of nitrogens with zero attached hydrogens (tertiary/aromatic N) is 2. The number of methoxy groups -OCH3 is 1. The van der Waals surface area contributed by atoms with E-state index in [1.165, 1.54) is 6.33 Å². The first kappa shape index (κ1) is 12.5. The molecule has 1 heterocycles. The highest BCUT2D eigenvalue weighted by Crippen LogP contribution is 2.24. The molecule has 3 N–H and O–H groups in total. The molecule has 0 aliphatic carbocycles. The third-order valence-corrected chi connectivity index (χ3v) is 1.93. The smallest absolute Gasteiger partial charge is 0.242 e. The third kappa shape index (κ3) is 3.23. The van der Waals surface area contributed by atoms with Crippen LogP contribution in [0.4, 0.5) is 11.5 Å². The Kier molecular flexibility index (Phi) is 4.78. The van der Waals surface area contributed by atoms with Gasteiger partial charge in [-0.15, -0.1) is 0 Å². The van der Waals surface area contributed by atoms with E-state index in [0.717, 1.165) is 0 Å². The second kappa shape index (κ2) is 6.12. The van der Waals surface area contributed by atoms with Crippen molar-refractivity contribution in [3.8, 4) is 5.88 Å². The maximum absolute atomic E-state index is 5.86. The number of aromatic nitrogens is 2. The van der Waals surface area contributed by atoms with Crippen molar-refractivity contribution >= 4 is 11.5 Å². The van der Waals surface area contributed by atoms with Crippen molar-refractivity contribution in [2.75, 3.05) is 31.4 Å². The first-order chi connectivity index (χ1) is 7.69. The molecule has 1 aromatic heterocycles. The summed E-state index contributed by atoms with van der Waals surface area (Å²) in [6, 6.07) is 0.122. The minimum atomic E-state index is 0.122. The van der Waals surface area contributed by atoms with Crippen LogP contribution in [-0.4, -0.2) is 36.3 Å². The molecular weight excluding hydrogens is 208 g/mol. The van der Waals surface area contributed by atoms with Gasteiger partial charge in [0.1, 0.15) is 12.0 Å². The van der Waals surface area contributed by atoms with Crippen LogP contribution >= 0.6 is 0 Å². The number of nitrogens with one attached hydrogen (secondary N) is 1. The molecule has 0 bridgehead atoms. The zero-order chi connectivity index (χ0) is 12.0. The van der Waals surface area contributed by atoms with Gasteiger partial charge in [0.15, 0.2) is 5.82 Å². The minimum Gasteiger partial charge on any atom is -0.476 e. The van der Waals surface area contributed by atoms with Gasteiger partial charge >= 0.3 is 0 Å². The van der Waals surface area contributed by atoms with Crippen LogP contribution in [0.3, 0.4) is 0 Å². The van der Waals surface area contributed by atoms with Crippen molar-refractivity contribution in [3.05, 3.63) is 6.33 Å². The topological polar surface area (TPSA) is 82.3 Å². The van der Waals surface area contributed by atoms with E-state index in [9.17, 15) is 0 Å². The number of rotatable bonds is 6. The van der Waals surface area contributed by atoms with Gasteiger partial charge in [-0.25, -0.2) is 4.98 Å². The molecule has 0 fully saturated rings. The largest absolute Gasteiger partial charge is 0.476 e. The predicted molar refractivity (Wildman–Crippen MR) is 62.6 cm³/mol. The Bertz CT molecular complexity index is 333. The number of hydrogen-bond donors (Lipinski definition) is 2. The molecule has 0 aromatic carbocycles. The quantitative estimate of drug-likeness (QED) is 0.750. The van der Waals surface area contributed by atoms with Crippen LogP contribution in [-0.2, 0) is 4.74 Å². The summed E-state index contributed by atoms with van der Waals surface area (Å²) < 4.78 is 10.3. The number of hydrogen-bond acceptors (Lipinski definition) is 6. The fraction of sp³-hybridized carbons (Fsp3) is 0.600. The summed E-state index contributed by atoms with van der Waals surface area (Å²) in [7, 11) is 1.65. The van der Waals surface area contributed by atoms with Gasteiger partial charge in [-0.3, -0.25) is 0 Å². The highest BCUT2D eigenvalue weighted by atomic mass is 16.5. The Morgan fingerprint density at radius 3 is 2.88 bits per heavy atom. The standard InChI is InChI=1S/C10H18N4O2/c1-4-16-10-8(11)9(12-6-13-10)14-7(2)5-15-3/h6-7H,4-5,11H2,1-3H3,(H,12,13,14). The maximum Gasteiger partial charge on any atom is 0.242 e. The Balaban J connectivity index is 2.76. The summed E-state index contributed by atoms with van der Waals surface area (Å²) in [5.74, 6) is 0.979. The zero-order valence-corrected chi connectivity index (χ0v) is 9.86. The lowest BCUT2D eigenvalue weighted by Gasteiger charge is -2.15. The first-order valence-corrected chi connectivity index (χ1v) is 5.17. The Labute approximate surface area is 95.2 Å². The molecule has 0 aliphatic rings. The average molecular weight is 226 g/mol. The van der Waals surface area contributed by atoms with Crippen molar-refractivity contribution in [2.45, 2.75) is 19.9 Å². The van der Waals surface area contributed by atoms with E-state index in [2.05, 4.69) is 15.3 Å². The predicted octanol–water partition coefficient (Wildman–Crippen LogP) is 0.904. The van der Waals surface area contributed by atoms with Crippen LogP contribution in [0.5, 0.6) is 5.88 Å². The van der Waals surface area contributed by atoms with E-state index in [1.807, 2.05) is 13.8 Å². The summed E-state index contributed by atoms with van der Waals surface area (Å²) in [4.78, 5) is 8.01. The minimum absolute atomic E-state index is 0.122. The molecule has 0 saturated heterocycles. The first-order valence-electron chi connectivity index (χ1n) is 5.17. The molecule has 1 aromatic rings. The molecule has 0 radical (unpaired) electrons. The van der Waals surface area contributed by atoms with E-state index in [-0.39, 0.29) is 6.04 Å². The van der Waals surface area contributed by atoms with E-state index >= 15 is 0 Å². The third-order valence-electron chi connectivity index (χ3n) is 1.93. The SMILES string of the molecule is CCOc1ncnc(NC(C)COC)c1N. The van der Waals surface area contributed by atoms with Gasteiger partial charge in [-0.05, 0) is 13.8 Å². The van der Waals surface area contributed by atoms with Crippen molar-refractivity contribution in [3.63, 3.8) is 0 Å². The molecule has 0 spiro atoms. The number of nitrogen functional groups attached to an aromatic ring is 1. The van der Waals surface area contributed by atoms with Crippen molar-refractivity contribution in [2.24, 2.45) is 0 Å². The van der Waals surface area contributed by atoms with E-state index in [1.54, 1.807) is 7.11 Å². The normalized spacial score (nSPS) is 12.2. The van der Waals surface area contributed by atoms with Crippen molar-refractivity contribution in [1.29, 1.82) is 0 Å². The van der Waals surface area contributed by atoms with Gasteiger partial charge in [-0.2, -0.15) is 4.98 Å². The molecule has 1 rings (SSSR count). The molecule has 16 heavy (non-hydrogen) atoms. The van der Waals surface area contributed by atoms with Crippen LogP contribution in [0, 0.1) is 0 Å². The average Bonchev–Trinajstić information content (AvgIpc) is 2.24. The van der Waals surface area contributed by atoms with Gasteiger partial charge in [0, 0.05) is 13.2 Å². The number of ether oxygens (including phenoxy) is 2. The summed E-state index contributed by atoms with van der Waals surface area (Å²) in [5, 5.41) is 3.13. The Morgan fingerprint density at radius 2 is 2.25 bits per heavy atom. The lowest BCUT2D eigenvalue weighted by molar-refractivity contribution is 0.190. The van der Waals surface area contributed by atoms with Crippen LogP contribution in [0.25, 0.3) is 0 Å². The Hall–Kier alpha value is -1.56. The lowest BCUT2D eigenvalue weighted by Crippen LogP contribution is -2.22. The molecule has 0 saturated carbocycles. The van der Waals surface area contributed by atoms with Crippen LogP contribution in [0.15, 0.2) is 6.33 Å². The fourth-order valence-corrected chi connectivity index (χ4v) is 1.27. The molecule has 0 aliphatic heterocycles. The fourth-order valence-electron chi connectivity index (χ4n) is 1.27. The summed E-state index contributed by atoms with van der Waals surface area (Å²) in [5.41, 5.74) is 6.28. The zero-order valence-electron chi connectivity index (χ0n) is 9.86. The van der Waals surface area contributed by atoms with Gasteiger partial charge in [0.2, 0.25) is 5.88 Å². The number of anilines is 2. The molecule has 90 valence electrons. The number of nitrogens with two attached hydrogens (primary N) is 1. The van der Waals surface area contributed by atoms with Gasteiger partial charge in [0.25, 0.3) is 0 Å². The molecule has 1 unspecified atom stereocenters. The Morgan fingerprint density at radius 1 is 1.50 bits per heavy atom. The van der Waals surface area contributed by atoms with Crippen LogP contribution in [0.1, 0.15) is 13.8 Å². The molecular formula is C10H18N4O2. The summed E-state index contributed by atoms with van der Waals surface area (Å²) in [6.07, 6.45) is 1.42. The summed E-state index contributed by atoms with van der Waals surface area (Å²) in [6.45, 7) is 4.95. The maximum atomic E-state index is 5.86. The lowest BCUT2D eigenvalue weighted by atomic mass is 10.3. The second-order valence-electron chi connectivity index (χ2n) is 3.37. The van der Waals surface area contributed by atoms with Gasteiger partial charge in [-0.1, -0.05) is 0 Å². The molecule has 0 amide bonds. The van der Waals surface area contributed by atoms with E-state index in [4.69, 9.17) is 15.2 Å². The second-order valence-corrected chi connectivity index (χ2v) is 3.37. The van der Waals surface area contributed by atoms with E-state index in [0.29, 0.717) is 30.6 Å². The molecule has 6 nitrogen and oxygen atoms in total. The van der Waals surface area contributed by atoms with E-state index < -0.39 is 0 Å². The van der Waals surface area contributed by atoms with Crippen molar-refractivity contribution in [1.82, 2.24) is 9.97 Å².